The normalized spacial score (nSPS) is 12.5. The van der Waals surface area contributed by atoms with Gasteiger partial charge in [-0.1, -0.05) is 0 Å². The second kappa shape index (κ2) is 4.65. The zero-order chi connectivity index (χ0) is 13.4. The van der Waals surface area contributed by atoms with E-state index < -0.39 is 31.8 Å². The van der Waals surface area contributed by atoms with Gasteiger partial charge in [-0.05, 0) is 22.6 Å². The Kier molecular flexibility index (Phi) is 3.98. The molecule has 0 saturated heterocycles. The number of hydrogen-bond donors (Lipinski definition) is 1. The molecule has 0 spiro atoms. The Hall–Kier alpha value is -0.490. The molecule has 5 nitrogen and oxygen atoms in total. The lowest BCUT2D eigenvalue weighted by Gasteiger charge is -2.13. The maximum atomic E-state index is 12.0. The van der Waals surface area contributed by atoms with Gasteiger partial charge < -0.3 is 9.84 Å². The molecule has 0 unspecified atom stereocenters. The summed E-state index contributed by atoms with van der Waals surface area (Å²) in [6, 6.07) is 0. The van der Waals surface area contributed by atoms with Crippen molar-refractivity contribution in [3.05, 3.63) is 9.90 Å². The van der Waals surface area contributed by atoms with Crippen LogP contribution in [-0.2, 0) is 9.05 Å². The van der Waals surface area contributed by atoms with Crippen LogP contribution in [0.25, 0.3) is 0 Å². The van der Waals surface area contributed by atoms with Gasteiger partial charge in [0.05, 0.1) is 6.20 Å². The van der Waals surface area contributed by atoms with E-state index >= 15 is 0 Å². The van der Waals surface area contributed by atoms with Gasteiger partial charge >= 0.3 is 6.36 Å². The van der Waals surface area contributed by atoms with Gasteiger partial charge in [0.15, 0.2) is 16.4 Å². The summed E-state index contributed by atoms with van der Waals surface area (Å²) in [7, 11) is 0.397. The van der Waals surface area contributed by atoms with Crippen LogP contribution in [0.3, 0.4) is 0 Å². The number of alkyl halides is 3. The minimum Gasteiger partial charge on any atom is -0.503 e. The molecule has 0 aliphatic carbocycles. The molecule has 11 heteroatoms. The third-order valence-electron chi connectivity index (χ3n) is 1.39. The second-order valence-electron chi connectivity index (χ2n) is 2.58. The van der Waals surface area contributed by atoms with E-state index in [1.807, 2.05) is 0 Å². The van der Waals surface area contributed by atoms with Crippen molar-refractivity contribution in [2.75, 3.05) is 0 Å². The highest BCUT2D eigenvalue weighted by Crippen LogP contribution is 2.40. The summed E-state index contributed by atoms with van der Waals surface area (Å²) in [4.78, 5) is 2.33. The van der Waals surface area contributed by atoms with Gasteiger partial charge in [-0.25, -0.2) is 13.4 Å². The highest BCUT2D eigenvalue weighted by molar-refractivity contribution is 14.1. The minimum absolute atomic E-state index is 0.352. The van der Waals surface area contributed by atoms with Crippen LogP contribution in [0.15, 0.2) is 11.1 Å². The Morgan fingerprint density at radius 1 is 1.47 bits per heavy atom. The average Bonchev–Trinajstić information content (AvgIpc) is 2.06. The van der Waals surface area contributed by atoms with Crippen LogP contribution in [0, 0.1) is 3.70 Å². The molecule has 17 heavy (non-hydrogen) atoms. The number of hydrogen-bond acceptors (Lipinski definition) is 5. The van der Waals surface area contributed by atoms with Gasteiger partial charge in [-0.3, -0.25) is 0 Å². The lowest BCUT2D eigenvalue weighted by molar-refractivity contribution is -0.276. The zero-order valence-electron chi connectivity index (χ0n) is 7.49. The Balaban J connectivity index is 3.52. The molecule has 96 valence electrons. The van der Waals surface area contributed by atoms with Crippen LogP contribution >= 0.6 is 33.3 Å². The van der Waals surface area contributed by atoms with Crippen LogP contribution in [-0.4, -0.2) is 24.9 Å². The van der Waals surface area contributed by atoms with Crippen LogP contribution < -0.4 is 4.74 Å². The van der Waals surface area contributed by atoms with E-state index in [1.165, 1.54) is 22.6 Å². The fourth-order valence-corrected chi connectivity index (χ4v) is 3.57. The first kappa shape index (κ1) is 14.6. The third-order valence-corrected chi connectivity index (χ3v) is 3.90. The first-order valence-corrected chi connectivity index (χ1v) is 6.99. The second-order valence-corrected chi connectivity index (χ2v) is 6.10. The predicted molar refractivity (Wildman–Crippen MR) is 58.3 cm³/mol. The molecule has 0 saturated carbocycles. The van der Waals surface area contributed by atoms with Gasteiger partial charge in [0, 0.05) is 10.7 Å². The number of halogens is 5. The van der Waals surface area contributed by atoms with Crippen molar-refractivity contribution >= 4 is 42.3 Å². The van der Waals surface area contributed by atoms with E-state index in [4.69, 9.17) is 15.8 Å². The van der Waals surface area contributed by atoms with E-state index in [1.54, 1.807) is 0 Å². The molecule has 0 radical (unpaired) electrons. The van der Waals surface area contributed by atoms with Gasteiger partial charge in [-0.2, -0.15) is 0 Å². The fourth-order valence-electron chi connectivity index (χ4n) is 0.871. The summed E-state index contributed by atoms with van der Waals surface area (Å²) in [5.74, 6) is -2.38. The van der Waals surface area contributed by atoms with Crippen molar-refractivity contribution in [1.29, 1.82) is 0 Å². The Labute approximate surface area is 111 Å². The molecule has 0 amide bonds. The smallest absolute Gasteiger partial charge is 0.503 e. The summed E-state index contributed by atoms with van der Waals surface area (Å²) in [5, 5.41) is 9.13. The van der Waals surface area contributed by atoms with Crippen molar-refractivity contribution in [2.24, 2.45) is 0 Å². The molecule has 0 aliphatic rings. The average molecular weight is 404 g/mol. The molecule has 0 bridgehead atoms. The van der Waals surface area contributed by atoms with Crippen molar-refractivity contribution < 1.29 is 31.4 Å². The summed E-state index contributed by atoms with van der Waals surface area (Å²) in [5.41, 5.74) is 0. The number of pyridine rings is 1. The molecule has 1 N–H and O–H groups in total. The van der Waals surface area contributed by atoms with Crippen molar-refractivity contribution in [1.82, 2.24) is 4.98 Å². The van der Waals surface area contributed by atoms with Crippen LogP contribution in [0.1, 0.15) is 0 Å². The van der Waals surface area contributed by atoms with E-state index in [0.717, 1.165) is 0 Å². The standard InChI is InChI=1S/C6H2ClF3INO4S/c7-17(14,15)4-3(16-6(8,9)10)2(13)1-12-5(4)11/h1,13H. The number of ether oxygens (including phenoxy) is 1. The number of aromatic hydroxyl groups is 1. The highest BCUT2D eigenvalue weighted by atomic mass is 127. The van der Waals surface area contributed by atoms with E-state index in [2.05, 4.69) is 9.72 Å². The number of aromatic nitrogens is 1. The Bertz CT molecular complexity index is 547. The monoisotopic (exact) mass is 403 g/mol. The van der Waals surface area contributed by atoms with Gasteiger partial charge in [0.1, 0.15) is 3.70 Å². The Morgan fingerprint density at radius 3 is 2.41 bits per heavy atom. The van der Waals surface area contributed by atoms with Gasteiger partial charge in [0.2, 0.25) is 0 Å². The summed E-state index contributed by atoms with van der Waals surface area (Å²) < 4.78 is 61.3. The first-order chi connectivity index (χ1) is 7.52. The molecule has 0 aromatic carbocycles. The molecular formula is C6H2ClF3INO4S. The van der Waals surface area contributed by atoms with Crippen LogP contribution in [0.5, 0.6) is 11.5 Å². The Morgan fingerprint density at radius 2 is 2.00 bits per heavy atom. The van der Waals surface area contributed by atoms with Crippen molar-refractivity contribution in [3.8, 4) is 11.5 Å². The minimum atomic E-state index is -5.17. The summed E-state index contributed by atoms with van der Waals surface area (Å²) in [6.45, 7) is 0. The SMILES string of the molecule is O=S(=O)(Cl)c1c(I)ncc(O)c1OC(F)(F)F. The maximum absolute atomic E-state index is 12.0. The third kappa shape index (κ3) is 3.74. The van der Waals surface area contributed by atoms with Crippen LogP contribution in [0.4, 0.5) is 13.2 Å². The van der Waals surface area contributed by atoms with E-state index in [0.29, 0.717) is 6.20 Å². The molecule has 1 aromatic heterocycles. The number of rotatable bonds is 2. The zero-order valence-corrected chi connectivity index (χ0v) is 11.2. The molecule has 0 fully saturated rings. The highest BCUT2D eigenvalue weighted by Gasteiger charge is 2.36. The van der Waals surface area contributed by atoms with Gasteiger partial charge in [-0.15, -0.1) is 13.2 Å². The largest absolute Gasteiger partial charge is 0.573 e. The number of nitrogens with zero attached hydrogens (tertiary/aromatic N) is 1. The first-order valence-electron chi connectivity index (χ1n) is 3.60. The molecular weight excluding hydrogens is 401 g/mol. The lowest BCUT2D eigenvalue weighted by atomic mass is 10.4. The maximum Gasteiger partial charge on any atom is 0.573 e. The predicted octanol–water partition coefficient (Wildman–Crippen LogP) is 2.22. The molecule has 1 heterocycles. The van der Waals surface area contributed by atoms with E-state index in [9.17, 15) is 21.6 Å². The summed E-state index contributed by atoms with van der Waals surface area (Å²) in [6.07, 6.45) is -4.55. The summed E-state index contributed by atoms with van der Waals surface area (Å²) >= 11 is 1.35. The molecule has 1 aromatic rings. The quantitative estimate of drug-likeness (QED) is 0.466. The van der Waals surface area contributed by atoms with E-state index in [-0.39, 0.29) is 3.70 Å². The van der Waals surface area contributed by atoms with Crippen molar-refractivity contribution in [2.45, 2.75) is 11.3 Å². The lowest BCUT2D eigenvalue weighted by Crippen LogP contribution is -2.19. The van der Waals surface area contributed by atoms with Gasteiger partial charge in [0.25, 0.3) is 9.05 Å². The molecule has 1 rings (SSSR count). The molecule has 0 aliphatic heterocycles. The van der Waals surface area contributed by atoms with Crippen LogP contribution in [0.2, 0.25) is 0 Å². The van der Waals surface area contributed by atoms with Crippen molar-refractivity contribution in [3.63, 3.8) is 0 Å². The molecule has 0 atom stereocenters. The topological polar surface area (TPSA) is 76.5 Å². The fraction of sp³-hybridized carbons (Fsp3) is 0.167.